The highest BCUT2D eigenvalue weighted by atomic mass is 35.5. The van der Waals surface area contributed by atoms with E-state index in [-0.39, 0.29) is 52.3 Å². The van der Waals surface area contributed by atoms with Gasteiger partial charge in [-0.3, -0.25) is 15.1 Å². The van der Waals surface area contributed by atoms with Crippen LogP contribution in [-0.4, -0.2) is 38.6 Å². The summed E-state index contributed by atoms with van der Waals surface area (Å²) >= 11 is 5.73. The molecule has 10 nitrogen and oxygen atoms in total. The van der Waals surface area contributed by atoms with Gasteiger partial charge in [0, 0.05) is 6.54 Å². The molecule has 1 amide bonds. The van der Waals surface area contributed by atoms with Crippen LogP contribution in [0, 0.1) is 0 Å². The lowest BCUT2D eigenvalue weighted by atomic mass is 10.1. The van der Waals surface area contributed by atoms with E-state index in [0.29, 0.717) is 19.4 Å². The van der Waals surface area contributed by atoms with E-state index in [1.54, 1.807) is 6.07 Å². The van der Waals surface area contributed by atoms with E-state index in [0.717, 1.165) is 12.0 Å². The summed E-state index contributed by atoms with van der Waals surface area (Å²) in [5, 5.41) is 20.9. The number of anilines is 2. The number of hydrogen-bond donors (Lipinski definition) is 6. The number of aliphatic imine (C=N–C) groups is 1. The maximum Gasteiger partial charge on any atom is 0.280 e. The Kier molecular flexibility index (Phi) is 8.55. The van der Waals surface area contributed by atoms with Crippen molar-refractivity contribution in [1.82, 2.24) is 15.3 Å². The van der Waals surface area contributed by atoms with Crippen LogP contribution in [0.5, 0.6) is 11.5 Å². The lowest BCUT2D eigenvalue weighted by Crippen LogP contribution is -2.38. The number of nitrogen functional groups attached to an aromatic ring is 2. The Labute approximate surface area is 172 Å². The highest BCUT2D eigenvalue weighted by Crippen LogP contribution is 2.25. The number of benzene rings is 1. The molecule has 0 spiro atoms. The summed E-state index contributed by atoms with van der Waals surface area (Å²) in [5.41, 5.74) is 17.4. The van der Waals surface area contributed by atoms with Gasteiger partial charge in [-0.25, -0.2) is 9.97 Å². The second kappa shape index (κ2) is 10.4. The minimum absolute atomic E-state index is 0. The first-order chi connectivity index (χ1) is 12.8. The molecule has 0 aliphatic carbocycles. The van der Waals surface area contributed by atoms with Crippen LogP contribution in [0.25, 0.3) is 0 Å². The molecule has 0 bridgehead atoms. The molecule has 1 heterocycles. The van der Waals surface area contributed by atoms with Gasteiger partial charge in [-0.05, 0) is 37.0 Å². The number of phenols is 2. The van der Waals surface area contributed by atoms with E-state index < -0.39 is 5.91 Å². The Morgan fingerprint density at radius 2 is 1.86 bits per heavy atom. The second-order valence-corrected chi connectivity index (χ2v) is 5.99. The van der Waals surface area contributed by atoms with Gasteiger partial charge in [-0.2, -0.15) is 0 Å². The SMILES string of the molecule is Cl.NC(=NCCCCc1ccc(O)c(O)c1)NC(=O)c1nc(Cl)c(N)nc1N. The average Bonchev–Trinajstić information content (AvgIpc) is 2.60. The Hall–Kier alpha value is -2.98. The normalized spacial score (nSPS) is 11.0. The molecule has 0 aliphatic rings. The summed E-state index contributed by atoms with van der Waals surface area (Å²) in [6.07, 6.45) is 2.18. The smallest absolute Gasteiger partial charge is 0.280 e. The Balaban J connectivity index is 0.00000392. The Morgan fingerprint density at radius 3 is 2.54 bits per heavy atom. The van der Waals surface area contributed by atoms with Crippen LogP contribution < -0.4 is 22.5 Å². The number of carbonyl (C=O) groups is 1. The molecule has 2 aromatic rings. The van der Waals surface area contributed by atoms with Crippen molar-refractivity contribution in [3.05, 3.63) is 34.6 Å². The number of nitrogens with zero attached hydrogens (tertiary/aromatic N) is 3. The van der Waals surface area contributed by atoms with Crippen molar-refractivity contribution in [1.29, 1.82) is 0 Å². The van der Waals surface area contributed by atoms with Gasteiger partial charge in [0.25, 0.3) is 5.91 Å². The van der Waals surface area contributed by atoms with Gasteiger partial charge < -0.3 is 27.4 Å². The number of hydrogen-bond acceptors (Lipinski definition) is 8. The molecular formula is C16H21Cl2N7O3. The predicted molar refractivity (Wildman–Crippen MR) is 110 cm³/mol. The predicted octanol–water partition coefficient (Wildman–Crippen LogP) is 1.19. The van der Waals surface area contributed by atoms with Crippen LogP contribution in [0.4, 0.5) is 11.6 Å². The fraction of sp³-hybridized carbons (Fsp3) is 0.250. The molecule has 0 atom stereocenters. The van der Waals surface area contributed by atoms with Crippen molar-refractivity contribution in [2.45, 2.75) is 19.3 Å². The van der Waals surface area contributed by atoms with E-state index in [4.69, 9.17) is 28.8 Å². The molecule has 2 rings (SSSR count). The zero-order valence-corrected chi connectivity index (χ0v) is 16.3. The average molecular weight is 430 g/mol. The number of nitrogens with two attached hydrogens (primary N) is 3. The Bertz CT molecular complexity index is 878. The maximum atomic E-state index is 12.1. The molecule has 152 valence electrons. The lowest BCUT2D eigenvalue weighted by Gasteiger charge is -2.07. The van der Waals surface area contributed by atoms with Gasteiger partial charge in [0.1, 0.15) is 0 Å². The molecular weight excluding hydrogens is 409 g/mol. The number of carbonyl (C=O) groups excluding carboxylic acids is 1. The number of aryl methyl sites for hydroxylation is 1. The maximum absolute atomic E-state index is 12.1. The lowest BCUT2D eigenvalue weighted by molar-refractivity contribution is 0.0972. The van der Waals surface area contributed by atoms with E-state index in [1.807, 2.05) is 0 Å². The zero-order chi connectivity index (χ0) is 20.0. The number of halogens is 2. The van der Waals surface area contributed by atoms with Gasteiger partial charge in [0.2, 0.25) is 0 Å². The summed E-state index contributed by atoms with van der Waals surface area (Å²) in [4.78, 5) is 23.6. The van der Waals surface area contributed by atoms with Crippen LogP contribution in [0.2, 0.25) is 5.15 Å². The summed E-state index contributed by atoms with van der Waals surface area (Å²) in [5.74, 6) is -1.32. The van der Waals surface area contributed by atoms with Crippen molar-refractivity contribution < 1.29 is 15.0 Å². The topological polar surface area (TPSA) is 186 Å². The second-order valence-electron chi connectivity index (χ2n) is 5.63. The van der Waals surface area contributed by atoms with Gasteiger partial charge in [0.05, 0.1) is 0 Å². The van der Waals surface area contributed by atoms with Gasteiger partial charge in [-0.15, -0.1) is 12.4 Å². The minimum atomic E-state index is -0.692. The van der Waals surface area contributed by atoms with Crippen molar-refractivity contribution in [2.75, 3.05) is 18.0 Å². The number of unbranched alkanes of at least 4 members (excludes halogenated alkanes) is 1. The molecule has 1 aromatic carbocycles. The third kappa shape index (κ3) is 6.32. The fourth-order valence-corrected chi connectivity index (χ4v) is 2.32. The van der Waals surface area contributed by atoms with Crippen LogP contribution in [0.1, 0.15) is 28.9 Å². The molecule has 1 aromatic heterocycles. The number of rotatable bonds is 6. The molecule has 0 saturated heterocycles. The highest BCUT2D eigenvalue weighted by Gasteiger charge is 2.16. The number of nitrogens with one attached hydrogen (secondary N) is 1. The number of phenolic OH excluding ortho intramolecular Hbond substituents is 2. The van der Waals surface area contributed by atoms with E-state index in [2.05, 4.69) is 20.3 Å². The van der Waals surface area contributed by atoms with Crippen molar-refractivity contribution in [2.24, 2.45) is 10.7 Å². The molecule has 9 N–H and O–H groups in total. The molecule has 12 heteroatoms. The zero-order valence-electron chi connectivity index (χ0n) is 14.7. The van der Waals surface area contributed by atoms with Crippen LogP contribution in [0.3, 0.4) is 0 Å². The summed E-state index contributed by atoms with van der Waals surface area (Å²) < 4.78 is 0. The third-order valence-electron chi connectivity index (χ3n) is 3.56. The minimum Gasteiger partial charge on any atom is -0.504 e. The van der Waals surface area contributed by atoms with E-state index in [1.165, 1.54) is 12.1 Å². The highest BCUT2D eigenvalue weighted by molar-refractivity contribution is 6.31. The number of aromatic nitrogens is 2. The number of amides is 1. The molecule has 0 aliphatic heterocycles. The van der Waals surface area contributed by atoms with E-state index >= 15 is 0 Å². The third-order valence-corrected chi connectivity index (χ3v) is 3.84. The van der Waals surface area contributed by atoms with Gasteiger partial charge >= 0.3 is 0 Å². The Morgan fingerprint density at radius 1 is 1.14 bits per heavy atom. The molecule has 0 unspecified atom stereocenters. The van der Waals surface area contributed by atoms with Crippen LogP contribution in [-0.2, 0) is 6.42 Å². The first-order valence-corrected chi connectivity index (χ1v) is 8.36. The molecule has 0 radical (unpaired) electrons. The molecule has 28 heavy (non-hydrogen) atoms. The molecule has 0 saturated carbocycles. The number of guanidine groups is 1. The first-order valence-electron chi connectivity index (χ1n) is 7.98. The van der Waals surface area contributed by atoms with Crippen molar-refractivity contribution in [3.8, 4) is 11.5 Å². The van der Waals surface area contributed by atoms with Crippen LogP contribution in [0.15, 0.2) is 23.2 Å². The number of aromatic hydroxyl groups is 2. The quantitative estimate of drug-likeness (QED) is 0.171. The van der Waals surface area contributed by atoms with Crippen molar-refractivity contribution in [3.63, 3.8) is 0 Å². The van der Waals surface area contributed by atoms with Gasteiger partial charge in [0.15, 0.2) is 39.9 Å². The fourth-order valence-electron chi connectivity index (χ4n) is 2.19. The summed E-state index contributed by atoms with van der Waals surface area (Å²) in [6, 6.07) is 4.68. The van der Waals surface area contributed by atoms with Crippen LogP contribution >= 0.6 is 24.0 Å². The largest absolute Gasteiger partial charge is 0.504 e. The summed E-state index contributed by atoms with van der Waals surface area (Å²) in [7, 11) is 0. The van der Waals surface area contributed by atoms with Gasteiger partial charge in [-0.1, -0.05) is 17.7 Å². The standard InChI is InChI=1S/C16H20ClN7O3.ClH/c17-12-14(19)23-13(18)11(22-12)15(27)24-16(20)21-6-2-1-3-8-4-5-9(25)10(26)7-8;/h4-5,7,25-26H,1-3,6H2,(H4,18,19,23)(H3,20,21,24,27);1H. The van der Waals surface area contributed by atoms with Crippen molar-refractivity contribution >= 4 is 47.5 Å². The summed E-state index contributed by atoms with van der Waals surface area (Å²) in [6.45, 7) is 0.389. The monoisotopic (exact) mass is 429 g/mol. The molecule has 0 fully saturated rings. The van der Waals surface area contributed by atoms with E-state index in [9.17, 15) is 15.0 Å². The first kappa shape index (κ1) is 23.1.